The van der Waals surface area contributed by atoms with Crippen LogP contribution in [-0.4, -0.2) is 38.5 Å². The van der Waals surface area contributed by atoms with Gasteiger partial charge in [-0.1, -0.05) is 68.7 Å². The SMILES string of the molecule is CCOC(=O)C1=C(C)N=c2s/c(=C\c3cc(Cl)c(OCc4ccccc4Cl)c(OC)c3)c(=O)n2[C@H]1c1cc(OC)c(OC)cc1Br. The van der Waals surface area contributed by atoms with Crippen molar-refractivity contribution < 1.29 is 28.5 Å². The van der Waals surface area contributed by atoms with Crippen molar-refractivity contribution in [3.8, 4) is 23.0 Å². The molecule has 0 unspecified atom stereocenters. The van der Waals surface area contributed by atoms with Gasteiger partial charge in [0.25, 0.3) is 5.56 Å². The Balaban J connectivity index is 1.63. The van der Waals surface area contributed by atoms with Gasteiger partial charge in [-0.25, -0.2) is 9.79 Å². The van der Waals surface area contributed by atoms with E-state index in [4.69, 9.17) is 46.9 Å². The van der Waals surface area contributed by atoms with Crippen LogP contribution in [0.1, 0.15) is 36.6 Å². The fraction of sp³-hybridized carbons (Fsp3) is 0.242. The molecule has 13 heteroatoms. The number of rotatable bonds is 10. The minimum Gasteiger partial charge on any atom is -0.493 e. The molecule has 1 aliphatic heterocycles. The van der Waals surface area contributed by atoms with Crippen LogP contribution in [0.5, 0.6) is 23.0 Å². The summed E-state index contributed by atoms with van der Waals surface area (Å²) < 4.78 is 30.5. The average Bonchev–Trinajstić information content (AvgIpc) is 3.33. The molecule has 1 aromatic heterocycles. The van der Waals surface area contributed by atoms with Gasteiger partial charge in [-0.2, -0.15) is 0 Å². The van der Waals surface area contributed by atoms with Gasteiger partial charge in [0.2, 0.25) is 0 Å². The first kappa shape index (κ1) is 33.6. The maximum atomic E-state index is 14.2. The highest BCUT2D eigenvalue weighted by molar-refractivity contribution is 9.10. The van der Waals surface area contributed by atoms with Crippen LogP contribution in [0, 0.1) is 0 Å². The number of fused-ring (bicyclic) bond motifs is 1. The van der Waals surface area contributed by atoms with Gasteiger partial charge in [-0.3, -0.25) is 9.36 Å². The maximum absolute atomic E-state index is 14.2. The first-order valence-corrected chi connectivity index (χ1v) is 16.3. The van der Waals surface area contributed by atoms with Crippen LogP contribution in [0.15, 0.2) is 74.1 Å². The number of nitrogens with zero attached hydrogens (tertiary/aromatic N) is 2. The molecule has 0 saturated carbocycles. The summed E-state index contributed by atoms with van der Waals surface area (Å²) in [6.07, 6.45) is 1.69. The molecule has 3 aromatic carbocycles. The zero-order chi connectivity index (χ0) is 33.1. The molecule has 9 nitrogen and oxygen atoms in total. The van der Waals surface area contributed by atoms with Crippen LogP contribution in [0.3, 0.4) is 0 Å². The predicted molar refractivity (Wildman–Crippen MR) is 181 cm³/mol. The predicted octanol–water partition coefficient (Wildman–Crippen LogP) is 6.47. The topological polar surface area (TPSA) is 97.6 Å². The highest BCUT2D eigenvalue weighted by Gasteiger charge is 2.35. The number of carbonyl (C=O) groups excluding carboxylic acids is 1. The van der Waals surface area contributed by atoms with Gasteiger partial charge in [0.15, 0.2) is 27.8 Å². The number of allylic oxidation sites excluding steroid dienone is 1. The van der Waals surface area contributed by atoms with E-state index in [0.717, 1.165) is 5.56 Å². The molecule has 5 rings (SSSR count). The summed E-state index contributed by atoms with van der Waals surface area (Å²) in [5.74, 6) is 1.06. The molecule has 1 aliphatic rings. The summed E-state index contributed by atoms with van der Waals surface area (Å²) in [4.78, 5) is 32.5. The lowest BCUT2D eigenvalue weighted by molar-refractivity contribution is -0.139. The standard InChI is InChI=1S/C33H29BrCl2N2O7S/c1-6-44-32(40)28-17(2)37-33-38(29(28)20-14-24(41-3)25(42-4)15-21(20)34)31(39)27(46-33)13-18-11-23(36)30(26(12-18)43-5)45-16-19-9-7-8-10-22(19)35/h7-15,29H,6,16H2,1-5H3/b27-13-/t29-/m0/s1. The Morgan fingerprint density at radius 3 is 2.39 bits per heavy atom. The lowest BCUT2D eigenvalue weighted by Crippen LogP contribution is -2.40. The molecule has 0 aliphatic carbocycles. The number of hydrogen-bond acceptors (Lipinski definition) is 9. The van der Waals surface area contributed by atoms with Crippen LogP contribution >= 0.6 is 50.5 Å². The second-order valence-corrected chi connectivity index (χ2v) is 12.6. The Morgan fingerprint density at radius 1 is 1.02 bits per heavy atom. The molecule has 0 N–H and O–H groups in total. The van der Waals surface area contributed by atoms with E-state index in [1.54, 1.807) is 50.3 Å². The normalized spacial score (nSPS) is 14.4. The van der Waals surface area contributed by atoms with Gasteiger partial charge in [-0.05, 0) is 61.4 Å². The van der Waals surface area contributed by atoms with E-state index >= 15 is 0 Å². The maximum Gasteiger partial charge on any atom is 0.338 e. The first-order chi connectivity index (χ1) is 22.1. The zero-order valence-electron chi connectivity index (χ0n) is 25.5. The van der Waals surface area contributed by atoms with Crippen molar-refractivity contribution in [1.82, 2.24) is 4.57 Å². The highest BCUT2D eigenvalue weighted by atomic mass is 79.9. The molecular formula is C33H29BrCl2N2O7S. The molecule has 0 saturated heterocycles. The van der Waals surface area contributed by atoms with Gasteiger partial charge in [0, 0.05) is 15.1 Å². The Morgan fingerprint density at radius 2 is 1.72 bits per heavy atom. The van der Waals surface area contributed by atoms with Crippen molar-refractivity contribution in [3.05, 3.63) is 111 Å². The van der Waals surface area contributed by atoms with E-state index in [9.17, 15) is 9.59 Å². The summed E-state index contributed by atoms with van der Waals surface area (Å²) in [6, 6.07) is 13.3. The first-order valence-electron chi connectivity index (χ1n) is 14.0. The van der Waals surface area contributed by atoms with E-state index in [2.05, 4.69) is 20.9 Å². The lowest BCUT2D eigenvalue weighted by atomic mass is 9.95. The van der Waals surface area contributed by atoms with Crippen molar-refractivity contribution >= 4 is 62.5 Å². The summed E-state index contributed by atoms with van der Waals surface area (Å²) in [7, 11) is 4.55. The highest BCUT2D eigenvalue weighted by Crippen LogP contribution is 2.41. The number of ether oxygens (including phenoxy) is 5. The fourth-order valence-corrected chi connectivity index (χ4v) is 7.09. The number of halogens is 3. The summed E-state index contributed by atoms with van der Waals surface area (Å²) in [5, 5.41) is 0.863. The number of hydrogen-bond donors (Lipinski definition) is 0. The Hall–Kier alpha value is -3.77. The van der Waals surface area contributed by atoms with E-state index in [1.165, 1.54) is 37.2 Å². The van der Waals surface area contributed by atoms with Gasteiger partial charge in [0.1, 0.15) is 6.61 Å². The molecule has 2 heterocycles. The van der Waals surface area contributed by atoms with Crippen LogP contribution in [0.2, 0.25) is 10.0 Å². The van der Waals surface area contributed by atoms with E-state index in [-0.39, 0.29) is 29.4 Å². The number of carbonyl (C=O) groups is 1. The number of methoxy groups -OCH3 is 3. The van der Waals surface area contributed by atoms with Crippen LogP contribution < -0.4 is 33.8 Å². The molecule has 0 amide bonds. The second kappa shape index (κ2) is 14.3. The largest absolute Gasteiger partial charge is 0.493 e. The van der Waals surface area contributed by atoms with Gasteiger partial charge < -0.3 is 23.7 Å². The van der Waals surface area contributed by atoms with Gasteiger partial charge in [0.05, 0.1) is 54.8 Å². The van der Waals surface area contributed by atoms with Crippen molar-refractivity contribution in [3.63, 3.8) is 0 Å². The Kier molecular flexibility index (Phi) is 10.5. The molecular weight excluding hydrogens is 719 g/mol. The molecule has 0 spiro atoms. The Bertz CT molecular complexity index is 2040. The molecule has 0 radical (unpaired) electrons. The van der Waals surface area contributed by atoms with Crippen molar-refractivity contribution in [2.75, 3.05) is 27.9 Å². The summed E-state index contributed by atoms with van der Waals surface area (Å²) >= 11 is 17.7. The quantitative estimate of drug-likeness (QED) is 0.172. The monoisotopic (exact) mass is 746 g/mol. The van der Waals surface area contributed by atoms with Gasteiger partial charge in [-0.15, -0.1) is 0 Å². The zero-order valence-corrected chi connectivity index (χ0v) is 29.4. The van der Waals surface area contributed by atoms with E-state index in [1.807, 2.05) is 18.2 Å². The molecule has 240 valence electrons. The Labute approximate surface area is 287 Å². The average molecular weight is 748 g/mol. The van der Waals surface area contributed by atoms with Crippen molar-refractivity contribution in [1.29, 1.82) is 0 Å². The number of aromatic nitrogens is 1. The van der Waals surface area contributed by atoms with Crippen molar-refractivity contribution in [2.24, 2.45) is 4.99 Å². The fourth-order valence-electron chi connectivity index (χ4n) is 5.05. The van der Waals surface area contributed by atoms with E-state index < -0.39 is 12.0 Å². The third kappa shape index (κ3) is 6.55. The number of esters is 1. The second-order valence-electron chi connectivity index (χ2n) is 9.95. The molecule has 46 heavy (non-hydrogen) atoms. The minimum atomic E-state index is -0.870. The third-order valence-corrected chi connectivity index (χ3v) is 9.51. The molecule has 0 bridgehead atoms. The summed E-state index contributed by atoms with van der Waals surface area (Å²) in [5.41, 5.74) is 2.29. The number of thiazole rings is 1. The van der Waals surface area contributed by atoms with Crippen molar-refractivity contribution in [2.45, 2.75) is 26.5 Å². The van der Waals surface area contributed by atoms with Gasteiger partial charge >= 0.3 is 5.97 Å². The van der Waals surface area contributed by atoms with Crippen LogP contribution in [0.25, 0.3) is 6.08 Å². The van der Waals surface area contributed by atoms with E-state index in [0.29, 0.717) is 58.7 Å². The molecule has 4 aromatic rings. The number of benzene rings is 3. The summed E-state index contributed by atoms with van der Waals surface area (Å²) in [6.45, 7) is 3.77. The minimum absolute atomic E-state index is 0.153. The molecule has 0 fully saturated rings. The van der Waals surface area contributed by atoms with Crippen LogP contribution in [-0.2, 0) is 16.1 Å². The third-order valence-electron chi connectivity index (χ3n) is 7.19. The molecule has 1 atom stereocenters. The van der Waals surface area contributed by atoms with Crippen LogP contribution in [0.4, 0.5) is 0 Å². The lowest BCUT2D eigenvalue weighted by Gasteiger charge is -2.26. The smallest absolute Gasteiger partial charge is 0.338 e.